The summed E-state index contributed by atoms with van der Waals surface area (Å²) in [6, 6.07) is 3.83. The van der Waals surface area contributed by atoms with Crippen LogP contribution in [0.1, 0.15) is 16.8 Å². The first-order valence-electron chi connectivity index (χ1n) is 5.37. The van der Waals surface area contributed by atoms with Crippen molar-refractivity contribution in [2.24, 2.45) is 0 Å². The summed E-state index contributed by atoms with van der Waals surface area (Å²) >= 11 is 0. The molecule has 7 nitrogen and oxygen atoms in total. The SMILES string of the molecule is CS(=O)(=O)CCCOc1ccc(C=O)cc1[N+](=O)[O-]. The number of hydrogen-bond acceptors (Lipinski definition) is 6. The maximum Gasteiger partial charge on any atom is 0.311 e. The summed E-state index contributed by atoms with van der Waals surface area (Å²) in [6.07, 6.45) is 1.85. The molecule has 0 spiro atoms. The number of benzene rings is 1. The molecule has 0 fully saturated rings. The summed E-state index contributed by atoms with van der Waals surface area (Å²) in [4.78, 5) is 20.7. The Balaban J connectivity index is 2.72. The summed E-state index contributed by atoms with van der Waals surface area (Å²) in [5.41, 5.74) is -0.140. The minimum absolute atomic E-state index is 0.0177. The third kappa shape index (κ3) is 5.04. The van der Waals surface area contributed by atoms with Crippen LogP contribution in [0.2, 0.25) is 0 Å². The van der Waals surface area contributed by atoms with Gasteiger partial charge in [-0.1, -0.05) is 0 Å². The first kappa shape index (κ1) is 15.1. The van der Waals surface area contributed by atoms with E-state index in [0.29, 0.717) is 6.29 Å². The Labute approximate surface area is 110 Å². The predicted octanol–water partition coefficient (Wildman–Crippen LogP) is 1.22. The first-order chi connectivity index (χ1) is 8.83. The Morgan fingerprint density at radius 3 is 2.63 bits per heavy atom. The van der Waals surface area contributed by atoms with Crippen LogP contribution < -0.4 is 4.74 Å². The molecule has 0 saturated carbocycles. The molecule has 0 amide bonds. The lowest BCUT2D eigenvalue weighted by Gasteiger charge is -2.06. The van der Waals surface area contributed by atoms with Gasteiger partial charge in [-0.25, -0.2) is 8.42 Å². The van der Waals surface area contributed by atoms with E-state index in [1.807, 2.05) is 0 Å². The Morgan fingerprint density at radius 2 is 2.11 bits per heavy atom. The number of carbonyl (C=O) groups is 1. The number of ether oxygens (including phenoxy) is 1. The summed E-state index contributed by atoms with van der Waals surface area (Å²) in [5, 5.41) is 10.8. The molecule has 104 valence electrons. The average Bonchev–Trinajstić information content (AvgIpc) is 2.33. The van der Waals surface area contributed by atoms with Crippen LogP contribution >= 0.6 is 0 Å². The quantitative estimate of drug-likeness (QED) is 0.323. The molecule has 0 N–H and O–H groups in total. The fourth-order valence-corrected chi connectivity index (χ4v) is 2.02. The second-order valence-electron chi connectivity index (χ2n) is 3.93. The van der Waals surface area contributed by atoms with Gasteiger partial charge in [0.25, 0.3) is 0 Å². The van der Waals surface area contributed by atoms with Gasteiger partial charge in [0, 0.05) is 17.9 Å². The van der Waals surface area contributed by atoms with E-state index in [1.165, 1.54) is 12.1 Å². The number of nitrogens with zero attached hydrogens (tertiary/aromatic N) is 1. The molecule has 0 aliphatic rings. The van der Waals surface area contributed by atoms with Crippen LogP contribution in [-0.4, -0.2) is 38.2 Å². The minimum Gasteiger partial charge on any atom is -0.487 e. The maximum atomic E-state index is 10.9. The van der Waals surface area contributed by atoms with Crippen LogP contribution in [0.3, 0.4) is 0 Å². The van der Waals surface area contributed by atoms with E-state index in [1.54, 1.807) is 0 Å². The second-order valence-corrected chi connectivity index (χ2v) is 6.19. The summed E-state index contributed by atoms with van der Waals surface area (Å²) < 4.78 is 27.0. The number of hydrogen-bond donors (Lipinski definition) is 0. The predicted molar refractivity (Wildman–Crippen MR) is 68.3 cm³/mol. The molecule has 0 aromatic heterocycles. The zero-order chi connectivity index (χ0) is 14.5. The minimum atomic E-state index is -3.08. The first-order valence-corrected chi connectivity index (χ1v) is 7.43. The lowest BCUT2D eigenvalue weighted by Crippen LogP contribution is -2.08. The molecule has 0 heterocycles. The van der Waals surface area contributed by atoms with Gasteiger partial charge < -0.3 is 4.74 Å². The van der Waals surface area contributed by atoms with E-state index in [-0.39, 0.29) is 35.8 Å². The Hall–Kier alpha value is -1.96. The molecule has 0 bridgehead atoms. The van der Waals surface area contributed by atoms with E-state index < -0.39 is 14.8 Å². The largest absolute Gasteiger partial charge is 0.487 e. The fraction of sp³-hybridized carbons (Fsp3) is 0.364. The van der Waals surface area contributed by atoms with Gasteiger partial charge in [-0.05, 0) is 18.6 Å². The number of aldehydes is 1. The monoisotopic (exact) mass is 287 g/mol. The van der Waals surface area contributed by atoms with Gasteiger partial charge in [0.2, 0.25) is 0 Å². The van der Waals surface area contributed by atoms with Crippen molar-refractivity contribution in [2.45, 2.75) is 6.42 Å². The third-order valence-corrected chi connectivity index (χ3v) is 3.26. The molecule has 0 aliphatic heterocycles. The highest BCUT2D eigenvalue weighted by atomic mass is 32.2. The zero-order valence-electron chi connectivity index (χ0n) is 10.2. The summed E-state index contributed by atoms with van der Waals surface area (Å²) in [5.74, 6) is -0.0307. The van der Waals surface area contributed by atoms with E-state index in [0.717, 1.165) is 12.3 Å². The third-order valence-electron chi connectivity index (χ3n) is 2.23. The molecule has 8 heteroatoms. The fourth-order valence-electron chi connectivity index (χ4n) is 1.38. The number of carbonyl (C=O) groups excluding carboxylic acids is 1. The molecular formula is C11H13NO6S. The molecule has 0 saturated heterocycles. The van der Waals surface area contributed by atoms with Crippen molar-refractivity contribution in [3.8, 4) is 5.75 Å². The molecule has 0 unspecified atom stereocenters. The number of sulfone groups is 1. The van der Waals surface area contributed by atoms with Crippen molar-refractivity contribution < 1.29 is 22.9 Å². The highest BCUT2D eigenvalue weighted by Gasteiger charge is 2.16. The van der Waals surface area contributed by atoms with Crippen molar-refractivity contribution in [3.63, 3.8) is 0 Å². The number of nitro groups is 1. The van der Waals surface area contributed by atoms with Gasteiger partial charge in [0.1, 0.15) is 16.1 Å². The molecule has 1 aromatic rings. The van der Waals surface area contributed by atoms with Crippen LogP contribution in [-0.2, 0) is 9.84 Å². The van der Waals surface area contributed by atoms with Crippen molar-refractivity contribution in [1.29, 1.82) is 0 Å². The zero-order valence-corrected chi connectivity index (χ0v) is 11.1. The maximum absolute atomic E-state index is 10.9. The van der Waals surface area contributed by atoms with Gasteiger partial charge in [0.15, 0.2) is 5.75 Å². The van der Waals surface area contributed by atoms with Crippen LogP contribution in [0.5, 0.6) is 5.75 Å². The van der Waals surface area contributed by atoms with Gasteiger partial charge >= 0.3 is 5.69 Å². The van der Waals surface area contributed by atoms with Crippen molar-refractivity contribution in [2.75, 3.05) is 18.6 Å². The molecule has 0 aliphatic carbocycles. The highest BCUT2D eigenvalue weighted by Crippen LogP contribution is 2.27. The lowest BCUT2D eigenvalue weighted by atomic mass is 10.2. The highest BCUT2D eigenvalue weighted by molar-refractivity contribution is 7.90. The van der Waals surface area contributed by atoms with Gasteiger partial charge in [-0.3, -0.25) is 14.9 Å². The van der Waals surface area contributed by atoms with Gasteiger partial charge in [-0.2, -0.15) is 0 Å². The van der Waals surface area contributed by atoms with Gasteiger partial charge in [0.05, 0.1) is 17.3 Å². The van der Waals surface area contributed by atoms with Crippen LogP contribution in [0.4, 0.5) is 5.69 Å². The Bertz CT molecular complexity index is 581. The number of rotatable bonds is 7. The lowest BCUT2D eigenvalue weighted by molar-refractivity contribution is -0.385. The number of nitro benzene ring substituents is 1. The van der Waals surface area contributed by atoms with Crippen LogP contribution in [0.15, 0.2) is 18.2 Å². The van der Waals surface area contributed by atoms with E-state index in [2.05, 4.69) is 0 Å². The van der Waals surface area contributed by atoms with Crippen LogP contribution in [0.25, 0.3) is 0 Å². The molecule has 1 aromatic carbocycles. The Morgan fingerprint density at radius 1 is 1.42 bits per heavy atom. The van der Waals surface area contributed by atoms with Crippen molar-refractivity contribution in [3.05, 3.63) is 33.9 Å². The van der Waals surface area contributed by atoms with Crippen molar-refractivity contribution >= 4 is 21.8 Å². The van der Waals surface area contributed by atoms with E-state index >= 15 is 0 Å². The Kier molecular flexibility index (Phi) is 4.99. The molecular weight excluding hydrogens is 274 g/mol. The molecule has 0 radical (unpaired) electrons. The normalized spacial score (nSPS) is 11.0. The standard InChI is InChI=1S/C11H13NO6S/c1-19(16,17)6-2-5-18-11-4-3-9(8-13)7-10(11)12(14)15/h3-4,7-8H,2,5-6H2,1H3. The molecule has 1 rings (SSSR count). The van der Waals surface area contributed by atoms with E-state index in [9.17, 15) is 23.3 Å². The van der Waals surface area contributed by atoms with Gasteiger partial charge in [-0.15, -0.1) is 0 Å². The van der Waals surface area contributed by atoms with Crippen LogP contribution in [0, 0.1) is 10.1 Å². The topological polar surface area (TPSA) is 104 Å². The van der Waals surface area contributed by atoms with Crippen molar-refractivity contribution in [1.82, 2.24) is 0 Å². The van der Waals surface area contributed by atoms with E-state index in [4.69, 9.17) is 4.74 Å². The summed E-state index contributed by atoms with van der Waals surface area (Å²) in [6.45, 7) is 0.0499. The second kappa shape index (κ2) is 6.28. The molecule has 0 atom stereocenters. The summed E-state index contributed by atoms with van der Waals surface area (Å²) in [7, 11) is -3.08. The smallest absolute Gasteiger partial charge is 0.311 e. The molecule has 19 heavy (non-hydrogen) atoms. The average molecular weight is 287 g/mol.